The van der Waals surface area contributed by atoms with Crippen molar-refractivity contribution in [3.63, 3.8) is 0 Å². The average molecular weight is 271 g/mol. The van der Waals surface area contributed by atoms with E-state index in [0.29, 0.717) is 0 Å². The van der Waals surface area contributed by atoms with Crippen molar-refractivity contribution in [3.05, 3.63) is 47.8 Å². The summed E-state index contributed by atoms with van der Waals surface area (Å²) in [6.45, 7) is 4.42. The first-order valence-electron chi connectivity index (χ1n) is 7.03. The molecule has 0 radical (unpaired) electrons. The second-order valence-corrected chi connectivity index (χ2v) is 6.35. The molecule has 3 rings (SSSR count). The zero-order valence-electron chi connectivity index (χ0n) is 12.3. The van der Waals surface area contributed by atoms with Gasteiger partial charge in [-0.05, 0) is 36.5 Å². The van der Waals surface area contributed by atoms with Crippen LogP contribution in [0, 0.1) is 5.41 Å². The molecule has 20 heavy (non-hydrogen) atoms. The van der Waals surface area contributed by atoms with Crippen LogP contribution in [0.15, 0.2) is 36.5 Å². The molecule has 2 aromatic rings. The fraction of sp³-hybridized carbons (Fsp3) is 0.412. The van der Waals surface area contributed by atoms with E-state index in [4.69, 9.17) is 4.74 Å². The first-order valence-corrected chi connectivity index (χ1v) is 7.03. The minimum absolute atomic E-state index is 0.126. The standard InChI is InChI=1S/C17H21NO2/c1-17(2)10-15-14(16(19)11-17)7-8-18(15)12-5-4-6-13(9-12)20-3/h4-9,16,19H,10-11H2,1-3H3. The molecular formula is C17H21NO2. The van der Waals surface area contributed by atoms with Crippen molar-refractivity contribution in [3.8, 4) is 11.4 Å². The molecule has 1 aliphatic rings. The summed E-state index contributed by atoms with van der Waals surface area (Å²) in [7, 11) is 1.68. The van der Waals surface area contributed by atoms with Gasteiger partial charge in [0.25, 0.3) is 0 Å². The van der Waals surface area contributed by atoms with Gasteiger partial charge in [-0.2, -0.15) is 0 Å². The topological polar surface area (TPSA) is 34.4 Å². The van der Waals surface area contributed by atoms with Gasteiger partial charge in [-0.25, -0.2) is 0 Å². The van der Waals surface area contributed by atoms with Crippen LogP contribution in [0.5, 0.6) is 5.75 Å². The van der Waals surface area contributed by atoms with Crippen molar-refractivity contribution >= 4 is 0 Å². The highest BCUT2D eigenvalue weighted by molar-refractivity contribution is 5.44. The van der Waals surface area contributed by atoms with Crippen molar-refractivity contribution in [2.45, 2.75) is 32.8 Å². The Morgan fingerprint density at radius 3 is 2.85 bits per heavy atom. The maximum Gasteiger partial charge on any atom is 0.120 e. The van der Waals surface area contributed by atoms with E-state index in [9.17, 15) is 5.11 Å². The van der Waals surface area contributed by atoms with Gasteiger partial charge in [-0.3, -0.25) is 0 Å². The minimum Gasteiger partial charge on any atom is -0.497 e. The van der Waals surface area contributed by atoms with Crippen LogP contribution in [0.3, 0.4) is 0 Å². The molecule has 1 N–H and O–H groups in total. The Kier molecular flexibility index (Phi) is 3.09. The van der Waals surface area contributed by atoms with E-state index in [2.05, 4.69) is 24.5 Å². The first-order chi connectivity index (χ1) is 9.50. The highest BCUT2D eigenvalue weighted by atomic mass is 16.5. The molecule has 3 nitrogen and oxygen atoms in total. The summed E-state index contributed by atoms with van der Waals surface area (Å²) < 4.78 is 7.46. The van der Waals surface area contributed by atoms with E-state index in [1.165, 1.54) is 5.69 Å². The van der Waals surface area contributed by atoms with Crippen LogP contribution in [0.1, 0.15) is 37.6 Å². The van der Waals surface area contributed by atoms with Gasteiger partial charge in [-0.1, -0.05) is 19.9 Å². The summed E-state index contributed by atoms with van der Waals surface area (Å²) in [6, 6.07) is 10.1. The number of aliphatic hydroxyl groups is 1. The van der Waals surface area contributed by atoms with Crippen LogP contribution in [0.2, 0.25) is 0 Å². The molecule has 0 saturated carbocycles. The zero-order valence-corrected chi connectivity index (χ0v) is 12.3. The molecule has 0 aliphatic heterocycles. The monoisotopic (exact) mass is 271 g/mol. The van der Waals surface area contributed by atoms with Crippen molar-refractivity contribution in [2.75, 3.05) is 7.11 Å². The van der Waals surface area contributed by atoms with Gasteiger partial charge in [0.15, 0.2) is 0 Å². The van der Waals surface area contributed by atoms with Crippen molar-refractivity contribution < 1.29 is 9.84 Å². The lowest BCUT2D eigenvalue weighted by Gasteiger charge is -2.34. The van der Waals surface area contributed by atoms with Gasteiger partial charge in [0.1, 0.15) is 5.75 Å². The minimum atomic E-state index is -0.361. The number of fused-ring (bicyclic) bond motifs is 1. The lowest BCUT2D eigenvalue weighted by atomic mass is 9.75. The van der Waals surface area contributed by atoms with Gasteiger partial charge < -0.3 is 14.4 Å². The van der Waals surface area contributed by atoms with E-state index in [-0.39, 0.29) is 11.5 Å². The van der Waals surface area contributed by atoms with E-state index in [1.54, 1.807) is 7.11 Å². The van der Waals surface area contributed by atoms with Crippen LogP contribution >= 0.6 is 0 Å². The van der Waals surface area contributed by atoms with Crippen molar-refractivity contribution in [2.24, 2.45) is 5.41 Å². The molecular weight excluding hydrogens is 250 g/mol. The molecule has 3 heteroatoms. The maximum atomic E-state index is 10.3. The molecule has 0 fully saturated rings. The molecule has 1 aliphatic carbocycles. The number of rotatable bonds is 2. The Hall–Kier alpha value is -1.74. The molecule has 0 amide bonds. The normalized spacial score (nSPS) is 20.5. The van der Waals surface area contributed by atoms with E-state index in [0.717, 1.165) is 29.8 Å². The van der Waals surface area contributed by atoms with Gasteiger partial charge in [0, 0.05) is 29.2 Å². The number of benzene rings is 1. The SMILES string of the molecule is COc1cccc(-n2ccc3c2CC(C)(C)CC3O)c1. The molecule has 106 valence electrons. The van der Waals surface area contributed by atoms with Gasteiger partial charge in [-0.15, -0.1) is 0 Å². The summed E-state index contributed by atoms with van der Waals surface area (Å²) >= 11 is 0. The second-order valence-electron chi connectivity index (χ2n) is 6.35. The van der Waals surface area contributed by atoms with E-state index >= 15 is 0 Å². The van der Waals surface area contributed by atoms with Crippen molar-refractivity contribution in [1.82, 2.24) is 4.57 Å². The number of aliphatic hydroxyl groups excluding tert-OH is 1. The molecule has 0 bridgehead atoms. The molecule has 1 atom stereocenters. The third-order valence-corrected chi connectivity index (χ3v) is 4.11. The van der Waals surface area contributed by atoms with E-state index in [1.807, 2.05) is 30.5 Å². The molecule has 0 spiro atoms. The van der Waals surface area contributed by atoms with Crippen LogP contribution in [0.25, 0.3) is 5.69 Å². The van der Waals surface area contributed by atoms with Crippen LogP contribution in [0.4, 0.5) is 0 Å². The zero-order chi connectivity index (χ0) is 14.3. The number of methoxy groups -OCH3 is 1. The lowest BCUT2D eigenvalue weighted by molar-refractivity contribution is 0.0987. The third-order valence-electron chi connectivity index (χ3n) is 4.11. The van der Waals surface area contributed by atoms with Crippen LogP contribution in [-0.2, 0) is 6.42 Å². The molecule has 1 aromatic carbocycles. The molecule has 1 aromatic heterocycles. The number of aromatic nitrogens is 1. The molecule has 0 saturated heterocycles. The van der Waals surface area contributed by atoms with Gasteiger partial charge in [0.2, 0.25) is 0 Å². The number of hydrogen-bond donors (Lipinski definition) is 1. The number of hydrogen-bond acceptors (Lipinski definition) is 2. The predicted octanol–water partition coefficient (Wildman–Crippen LogP) is 3.49. The summed E-state index contributed by atoms with van der Waals surface area (Å²) in [6.07, 6.45) is 3.48. The lowest BCUT2D eigenvalue weighted by Crippen LogP contribution is -2.26. The Morgan fingerprint density at radius 2 is 2.10 bits per heavy atom. The highest BCUT2D eigenvalue weighted by Crippen LogP contribution is 2.41. The van der Waals surface area contributed by atoms with Crippen molar-refractivity contribution in [1.29, 1.82) is 0 Å². The maximum absolute atomic E-state index is 10.3. The van der Waals surface area contributed by atoms with Crippen LogP contribution < -0.4 is 4.74 Å². The Labute approximate surface area is 119 Å². The summed E-state index contributed by atoms with van der Waals surface area (Å²) in [4.78, 5) is 0. The second kappa shape index (κ2) is 4.67. The predicted molar refractivity (Wildman–Crippen MR) is 79.4 cm³/mol. The van der Waals surface area contributed by atoms with Gasteiger partial charge in [0.05, 0.1) is 13.2 Å². The van der Waals surface area contributed by atoms with E-state index < -0.39 is 0 Å². The highest BCUT2D eigenvalue weighted by Gasteiger charge is 2.33. The molecule has 1 heterocycles. The van der Waals surface area contributed by atoms with Gasteiger partial charge >= 0.3 is 0 Å². The Bertz CT molecular complexity index is 628. The fourth-order valence-electron chi connectivity index (χ4n) is 3.13. The average Bonchev–Trinajstić information content (AvgIpc) is 2.81. The van der Waals surface area contributed by atoms with Crippen LogP contribution in [-0.4, -0.2) is 16.8 Å². The first kappa shape index (κ1) is 13.3. The largest absolute Gasteiger partial charge is 0.497 e. The summed E-state index contributed by atoms with van der Waals surface area (Å²) in [5, 5.41) is 10.3. The number of nitrogens with zero attached hydrogens (tertiary/aromatic N) is 1. The smallest absolute Gasteiger partial charge is 0.120 e. The quantitative estimate of drug-likeness (QED) is 0.907. The third kappa shape index (κ3) is 2.22. The molecule has 1 unspecified atom stereocenters. The summed E-state index contributed by atoms with van der Waals surface area (Å²) in [5.74, 6) is 0.848. The number of ether oxygens (including phenoxy) is 1. The summed E-state index contributed by atoms with van der Waals surface area (Å²) in [5.41, 5.74) is 3.48. The Morgan fingerprint density at radius 1 is 1.30 bits per heavy atom. The fourth-order valence-corrected chi connectivity index (χ4v) is 3.13. The Balaban J connectivity index is 2.08.